The molecule has 0 saturated heterocycles. The van der Waals surface area contributed by atoms with Crippen LogP contribution in [0.25, 0.3) is 0 Å². The van der Waals surface area contributed by atoms with E-state index in [0.717, 1.165) is 5.75 Å². The fraction of sp³-hybridized carbons (Fsp3) is 0.333. The molecular formula is C15H20Cl2OTi. The van der Waals surface area contributed by atoms with E-state index in [1.54, 1.807) is 3.88 Å². The van der Waals surface area contributed by atoms with Crippen LogP contribution >= 0.6 is 24.8 Å². The molecule has 1 nitrogen and oxygen atoms in total. The smallest absolute Gasteiger partial charge is 0.147 e. The van der Waals surface area contributed by atoms with Crippen molar-refractivity contribution in [3.05, 3.63) is 50.9 Å². The summed E-state index contributed by atoms with van der Waals surface area (Å²) in [5, 5.41) is 0. The van der Waals surface area contributed by atoms with E-state index in [2.05, 4.69) is 27.7 Å². The minimum atomic E-state index is -0.498. The molecule has 0 spiro atoms. The standard InChI is InChI=1S/C9H13.C6H6O.2ClH.Ti/c1-6-5-7(2)9(4)8(6)3;7-6-4-2-1-3-5-6;;;/h6H,1-4H3;1-5,7H;2*1H;/q;;;;+1/p-1. The molecular weight excluding hydrogens is 315 g/mol. The Hall–Kier alpha value is -0.206. The van der Waals surface area contributed by atoms with Gasteiger partial charge in [-0.3, -0.25) is 0 Å². The van der Waals surface area contributed by atoms with Gasteiger partial charge in [-0.2, -0.15) is 0 Å². The molecule has 2 rings (SSSR count). The summed E-state index contributed by atoms with van der Waals surface area (Å²) in [5.74, 6) is 1.58. The minimum Gasteiger partial charge on any atom is -0.147 e. The van der Waals surface area contributed by atoms with Crippen molar-refractivity contribution in [1.29, 1.82) is 0 Å². The molecule has 0 saturated carbocycles. The van der Waals surface area contributed by atoms with Gasteiger partial charge in [0.2, 0.25) is 0 Å². The molecule has 19 heavy (non-hydrogen) atoms. The molecule has 1 atom stereocenters. The molecule has 0 heterocycles. The molecule has 1 aliphatic rings. The molecule has 0 aliphatic heterocycles. The average molecular weight is 335 g/mol. The van der Waals surface area contributed by atoms with E-state index in [4.69, 9.17) is 3.32 Å². The Balaban J connectivity index is 0.00000162. The van der Waals surface area contributed by atoms with Crippen molar-refractivity contribution in [2.45, 2.75) is 27.7 Å². The van der Waals surface area contributed by atoms with Gasteiger partial charge in [0.25, 0.3) is 0 Å². The Labute approximate surface area is 137 Å². The summed E-state index contributed by atoms with van der Waals surface area (Å²) >= 11 is -0.498. The quantitative estimate of drug-likeness (QED) is 0.693. The zero-order valence-corrected chi connectivity index (χ0v) is 14.9. The van der Waals surface area contributed by atoms with Gasteiger partial charge in [-0.15, -0.1) is 24.8 Å². The molecule has 0 radical (unpaired) electrons. The van der Waals surface area contributed by atoms with E-state index in [-0.39, 0.29) is 24.8 Å². The van der Waals surface area contributed by atoms with Gasteiger partial charge >= 0.3 is 113 Å². The number of allylic oxidation sites excluding steroid dienone is 4. The first kappa shape index (κ1) is 18.8. The van der Waals surface area contributed by atoms with Crippen LogP contribution in [0.2, 0.25) is 0 Å². The second kappa shape index (κ2) is 8.16. The second-order valence-corrected chi connectivity index (χ2v) is 6.06. The van der Waals surface area contributed by atoms with E-state index in [0.29, 0.717) is 5.92 Å². The minimum absolute atomic E-state index is 0. The predicted octanol–water partition coefficient (Wildman–Crippen LogP) is 5.17. The number of rotatable bonds is 3. The van der Waals surface area contributed by atoms with Crippen molar-refractivity contribution in [3.63, 3.8) is 0 Å². The summed E-state index contributed by atoms with van der Waals surface area (Å²) in [4.78, 5) is 0. The summed E-state index contributed by atoms with van der Waals surface area (Å²) in [6.07, 6.45) is 0. The third-order valence-corrected chi connectivity index (χ3v) is 5.80. The van der Waals surface area contributed by atoms with E-state index in [9.17, 15) is 0 Å². The van der Waals surface area contributed by atoms with Crippen molar-refractivity contribution in [2.24, 2.45) is 5.92 Å². The monoisotopic (exact) mass is 334 g/mol. The summed E-state index contributed by atoms with van der Waals surface area (Å²) in [6.45, 7) is 8.99. The molecule has 0 fully saturated rings. The van der Waals surface area contributed by atoms with Crippen LogP contribution in [0, 0.1) is 5.92 Å². The van der Waals surface area contributed by atoms with Gasteiger partial charge in [0.15, 0.2) is 0 Å². The van der Waals surface area contributed by atoms with Crippen molar-refractivity contribution in [2.75, 3.05) is 0 Å². The van der Waals surface area contributed by atoms with Crippen molar-refractivity contribution in [1.82, 2.24) is 0 Å². The third-order valence-electron chi connectivity index (χ3n) is 3.66. The zero-order valence-electron chi connectivity index (χ0n) is 11.7. The molecule has 4 heteroatoms. The van der Waals surface area contributed by atoms with E-state index < -0.39 is 19.5 Å². The van der Waals surface area contributed by atoms with Crippen LogP contribution in [0.4, 0.5) is 0 Å². The van der Waals surface area contributed by atoms with Crippen molar-refractivity contribution in [3.8, 4) is 5.75 Å². The molecule has 0 bridgehead atoms. The van der Waals surface area contributed by atoms with E-state index in [1.165, 1.54) is 16.7 Å². The Morgan fingerprint density at radius 2 is 1.53 bits per heavy atom. The molecule has 1 aliphatic carbocycles. The van der Waals surface area contributed by atoms with E-state index in [1.807, 2.05) is 30.3 Å². The molecule has 1 unspecified atom stereocenters. The van der Waals surface area contributed by atoms with Gasteiger partial charge in [0.1, 0.15) is 0 Å². The molecule has 104 valence electrons. The fourth-order valence-electron chi connectivity index (χ4n) is 2.13. The van der Waals surface area contributed by atoms with Crippen LogP contribution in [-0.4, -0.2) is 0 Å². The number of benzene rings is 1. The van der Waals surface area contributed by atoms with Gasteiger partial charge in [-0.1, -0.05) is 0 Å². The van der Waals surface area contributed by atoms with Crippen LogP contribution in [0.3, 0.4) is 0 Å². The predicted molar refractivity (Wildman–Crippen MR) is 81.8 cm³/mol. The maximum Gasteiger partial charge on any atom is -0.147 e. The maximum absolute atomic E-state index is 5.97. The molecule has 1 aromatic carbocycles. The van der Waals surface area contributed by atoms with Gasteiger partial charge < -0.3 is 0 Å². The van der Waals surface area contributed by atoms with Gasteiger partial charge in [-0.05, 0) is 0 Å². The summed E-state index contributed by atoms with van der Waals surface area (Å²) in [7, 11) is 0. The van der Waals surface area contributed by atoms with Crippen LogP contribution in [-0.2, 0) is 19.5 Å². The van der Waals surface area contributed by atoms with Gasteiger partial charge in [0.05, 0.1) is 0 Å². The first-order valence-electron chi connectivity index (χ1n) is 5.97. The number of para-hydroxylation sites is 1. The van der Waals surface area contributed by atoms with Crippen LogP contribution in [0.1, 0.15) is 27.7 Å². The zero-order chi connectivity index (χ0) is 12.4. The fourth-order valence-corrected chi connectivity index (χ4v) is 3.85. The topological polar surface area (TPSA) is 9.23 Å². The SMILES string of the molecule is CC1=C(C)C(C)[C]([Ti][O]c2ccccc2)=C1C.Cl.Cl. The first-order chi connectivity index (χ1) is 8.11. The Morgan fingerprint density at radius 1 is 0.947 bits per heavy atom. The summed E-state index contributed by atoms with van der Waals surface area (Å²) in [5.41, 5.74) is 4.44. The van der Waals surface area contributed by atoms with Crippen LogP contribution in [0.5, 0.6) is 5.75 Å². The first-order valence-corrected chi connectivity index (χ1v) is 7.39. The second-order valence-electron chi connectivity index (χ2n) is 4.59. The number of hydrogen-bond donors (Lipinski definition) is 0. The molecule has 0 aromatic heterocycles. The Morgan fingerprint density at radius 3 is 2.00 bits per heavy atom. The Bertz CT molecular complexity index is 480. The van der Waals surface area contributed by atoms with E-state index >= 15 is 0 Å². The van der Waals surface area contributed by atoms with Crippen LogP contribution < -0.4 is 3.32 Å². The molecule has 1 aromatic rings. The summed E-state index contributed by atoms with van der Waals surface area (Å²) < 4.78 is 7.51. The van der Waals surface area contributed by atoms with Crippen LogP contribution in [0.15, 0.2) is 50.9 Å². The maximum atomic E-state index is 5.97. The summed E-state index contributed by atoms with van der Waals surface area (Å²) in [6, 6.07) is 10.1. The number of hydrogen-bond acceptors (Lipinski definition) is 1. The van der Waals surface area contributed by atoms with Gasteiger partial charge in [-0.25, -0.2) is 0 Å². The third kappa shape index (κ3) is 4.13. The molecule has 0 N–H and O–H groups in total. The van der Waals surface area contributed by atoms with Gasteiger partial charge in [0, 0.05) is 0 Å². The normalized spacial score (nSPS) is 17.8. The van der Waals surface area contributed by atoms with Crippen molar-refractivity contribution >= 4 is 24.8 Å². The van der Waals surface area contributed by atoms with Crippen molar-refractivity contribution < 1.29 is 22.9 Å². The molecule has 0 amide bonds. The largest absolute Gasteiger partial charge is 0.147 e. The Kier molecular flexibility index (Phi) is 8.08. The number of halogens is 2. The average Bonchev–Trinajstić information content (AvgIpc) is 2.54.